The first kappa shape index (κ1) is 20.8. The molecular weight excluding hydrogens is 406 g/mol. The molecule has 1 amide bonds. The monoisotopic (exact) mass is 425 g/mol. The van der Waals surface area contributed by atoms with Gasteiger partial charge >= 0.3 is 0 Å². The van der Waals surface area contributed by atoms with E-state index in [-0.39, 0.29) is 12.5 Å². The average Bonchev–Trinajstić information content (AvgIpc) is 3.00. The number of carbonyl (C=O) groups is 1. The summed E-state index contributed by atoms with van der Waals surface area (Å²) in [5, 5.41) is 0. The van der Waals surface area contributed by atoms with Crippen molar-refractivity contribution in [1.29, 1.82) is 0 Å². The molecule has 1 aliphatic heterocycles. The largest absolute Gasteiger partial charge is 0.494 e. The van der Waals surface area contributed by atoms with Crippen LogP contribution in [0.5, 0.6) is 17.2 Å². The van der Waals surface area contributed by atoms with Crippen LogP contribution in [-0.4, -0.2) is 30.6 Å². The number of hydrogen-bond donors (Lipinski definition) is 0. The average molecular weight is 426 g/mol. The summed E-state index contributed by atoms with van der Waals surface area (Å²) in [5.41, 5.74) is 1.50. The van der Waals surface area contributed by atoms with Gasteiger partial charge in [-0.2, -0.15) is 0 Å². The van der Waals surface area contributed by atoms with Gasteiger partial charge in [0.1, 0.15) is 12.4 Å². The lowest BCUT2D eigenvalue weighted by Gasteiger charge is -2.15. The van der Waals surface area contributed by atoms with E-state index >= 15 is 0 Å². The summed E-state index contributed by atoms with van der Waals surface area (Å²) < 4.78 is 16.7. The molecule has 1 fully saturated rings. The van der Waals surface area contributed by atoms with Crippen LogP contribution in [0.25, 0.3) is 6.08 Å². The summed E-state index contributed by atoms with van der Waals surface area (Å²) in [5.74, 6) is 4.08. The molecule has 2 aromatic rings. The highest BCUT2D eigenvalue weighted by atomic mass is 32.2. The zero-order chi connectivity index (χ0) is 20.8. The lowest BCUT2D eigenvalue weighted by Crippen LogP contribution is -2.27. The summed E-state index contributed by atoms with van der Waals surface area (Å²) >= 11 is 6.68. The molecule has 0 aromatic heterocycles. The maximum Gasteiger partial charge on any atom is 0.270 e. The molecule has 148 valence electrons. The summed E-state index contributed by atoms with van der Waals surface area (Å²) in [6, 6.07) is 12.7. The third kappa shape index (κ3) is 4.73. The van der Waals surface area contributed by atoms with E-state index in [2.05, 4.69) is 5.92 Å². The first-order valence-electron chi connectivity index (χ1n) is 8.82. The topological polar surface area (TPSA) is 48.0 Å². The molecule has 0 saturated carbocycles. The number of terminal acetylenes is 1. The summed E-state index contributed by atoms with van der Waals surface area (Å²) in [7, 11) is 1.55. The van der Waals surface area contributed by atoms with Gasteiger partial charge in [-0.3, -0.25) is 9.69 Å². The molecule has 1 aliphatic rings. The Balaban J connectivity index is 1.83. The molecule has 3 rings (SSSR count). The maximum absolute atomic E-state index is 12.9. The Labute approximate surface area is 179 Å². The van der Waals surface area contributed by atoms with Gasteiger partial charge in [-0.15, -0.1) is 6.42 Å². The highest BCUT2D eigenvalue weighted by Gasteiger charge is 2.33. The van der Waals surface area contributed by atoms with Gasteiger partial charge in [0.25, 0.3) is 5.91 Å². The van der Waals surface area contributed by atoms with Crippen molar-refractivity contribution in [2.75, 3.05) is 25.2 Å². The number of nitrogens with zero attached hydrogens (tertiary/aromatic N) is 1. The van der Waals surface area contributed by atoms with Crippen molar-refractivity contribution < 1.29 is 19.0 Å². The van der Waals surface area contributed by atoms with Gasteiger partial charge < -0.3 is 14.2 Å². The molecule has 29 heavy (non-hydrogen) atoms. The van der Waals surface area contributed by atoms with E-state index in [4.69, 9.17) is 32.9 Å². The third-order valence-corrected chi connectivity index (χ3v) is 5.30. The molecule has 0 spiro atoms. The predicted molar refractivity (Wildman–Crippen MR) is 121 cm³/mol. The fourth-order valence-corrected chi connectivity index (χ4v) is 4.01. The molecular formula is C22H19NO4S2. The van der Waals surface area contributed by atoms with E-state index in [0.29, 0.717) is 33.0 Å². The summed E-state index contributed by atoms with van der Waals surface area (Å²) in [6.07, 6.45) is 7.01. The number of anilines is 1. The molecule has 0 unspecified atom stereocenters. The van der Waals surface area contributed by atoms with Crippen LogP contribution >= 0.6 is 24.0 Å². The van der Waals surface area contributed by atoms with E-state index in [1.807, 2.05) is 37.3 Å². The van der Waals surface area contributed by atoms with Crippen LogP contribution in [0.3, 0.4) is 0 Å². The number of thioether (sulfide) groups is 1. The first-order valence-corrected chi connectivity index (χ1v) is 10.0. The van der Waals surface area contributed by atoms with Crippen molar-refractivity contribution >= 4 is 46.0 Å². The first-order chi connectivity index (χ1) is 14.1. The molecule has 7 heteroatoms. The molecule has 2 aromatic carbocycles. The minimum Gasteiger partial charge on any atom is -0.494 e. The number of carbonyl (C=O) groups excluding carboxylic acids is 1. The molecule has 0 radical (unpaired) electrons. The van der Waals surface area contributed by atoms with Crippen LogP contribution < -0.4 is 19.1 Å². The van der Waals surface area contributed by atoms with Crippen LogP contribution in [0.4, 0.5) is 5.69 Å². The van der Waals surface area contributed by atoms with Crippen LogP contribution in [0.1, 0.15) is 12.5 Å². The van der Waals surface area contributed by atoms with Gasteiger partial charge in [-0.1, -0.05) is 36.0 Å². The van der Waals surface area contributed by atoms with Crippen LogP contribution in [0.15, 0.2) is 47.4 Å². The number of methoxy groups -OCH3 is 1. The van der Waals surface area contributed by atoms with Crippen molar-refractivity contribution in [3.05, 3.63) is 52.9 Å². The van der Waals surface area contributed by atoms with Crippen molar-refractivity contribution in [2.24, 2.45) is 0 Å². The lowest BCUT2D eigenvalue weighted by atomic mass is 10.2. The van der Waals surface area contributed by atoms with Crippen molar-refractivity contribution in [3.63, 3.8) is 0 Å². The van der Waals surface area contributed by atoms with Crippen molar-refractivity contribution in [2.45, 2.75) is 6.92 Å². The Kier molecular flexibility index (Phi) is 6.81. The van der Waals surface area contributed by atoms with Crippen LogP contribution in [0.2, 0.25) is 0 Å². The summed E-state index contributed by atoms with van der Waals surface area (Å²) in [4.78, 5) is 15.0. The maximum atomic E-state index is 12.9. The van der Waals surface area contributed by atoms with Gasteiger partial charge in [-0.05, 0) is 55.0 Å². The van der Waals surface area contributed by atoms with Gasteiger partial charge in [0, 0.05) is 0 Å². The zero-order valence-corrected chi connectivity index (χ0v) is 17.6. The number of thiocarbonyl (C=S) groups is 1. The number of ether oxygens (including phenoxy) is 3. The van der Waals surface area contributed by atoms with Crippen LogP contribution in [0, 0.1) is 12.3 Å². The Morgan fingerprint density at radius 2 is 1.93 bits per heavy atom. The molecule has 0 N–H and O–H groups in total. The molecule has 5 nitrogen and oxygen atoms in total. The standard InChI is InChI=1S/C22H19NO4S2/c1-4-12-27-18-11-6-15(13-19(18)25-3)14-20-21(24)23(22(28)29-20)16-7-9-17(10-8-16)26-5-2/h1,6-11,13-14H,5,12H2,2-3H3/b20-14-. The molecule has 0 atom stereocenters. The van der Waals surface area contributed by atoms with Gasteiger partial charge in [-0.25, -0.2) is 0 Å². The molecule has 0 bridgehead atoms. The second-order valence-electron chi connectivity index (χ2n) is 5.85. The molecule has 1 heterocycles. The Morgan fingerprint density at radius 3 is 2.59 bits per heavy atom. The number of rotatable bonds is 7. The number of amides is 1. The van der Waals surface area contributed by atoms with E-state index in [0.717, 1.165) is 11.3 Å². The van der Waals surface area contributed by atoms with Gasteiger partial charge in [0.15, 0.2) is 15.8 Å². The third-order valence-electron chi connectivity index (χ3n) is 4.00. The highest BCUT2D eigenvalue weighted by molar-refractivity contribution is 8.27. The zero-order valence-electron chi connectivity index (χ0n) is 16.0. The number of hydrogen-bond acceptors (Lipinski definition) is 6. The summed E-state index contributed by atoms with van der Waals surface area (Å²) in [6.45, 7) is 2.65. The van der Waals surface area contributed by atoms with Crippen molar-refractivity contribution in [1.82, 2.24) is 0 Å². The SMILES string of the molecule is C#CCOc1ccc(/C=C2\SC(=S)N(c3ccc(OCC)cc3)C2=O)cc1OC. The Hall–Kier alpha value is -2.95. The van der Waals surface area contributed by atoms with E-state index in [1.54, 1.807) is 25.3 Å². The van der Waals surface area contributed by atoms with E-state index in [9.17, 15) is 4.79 Å². The minimum absolute atomic E-state index is 0.149. The Bertz CT molecular complexity index is 993. The normalized spacial score (nSPS) is 14.8. The van der Waals surface area contributed by atoms with E-state index < -0.39 is 0 Å². The van der Waals surface area contributed by atoms with Gasteiger partial charge in [0.2, 0.25) is 0 Å². The van der Waals surface area contributed by atoms with Gasteiger partial charge in [0.05, 0.1) is 24.3 Å². The predicted octanol–water partition coefficient (Wildman–Crippen LogP) is 4.51. The van der Waals surface area contributed by atoms with E-state index in [1.165, 1.54) is 16.7 Å². The number of benzene rings is 2. The second kappa shape index (κ2) is 9.50. The quantitative estimate of drug-likeness (QED) is 0.370. The minimum atomic E-state index is -0.171. The smallest absolute Gasteiger partial charge is 0.270 e. The van der Waals surface area contributed by atoms with Crippen molar-refractivity contribution in [3.8, 4) is 29.6 Å². The second-order valence-corrected chi connectivity index (χ2v) is 7.52. The molecule has 1 saturated heterocycles. The van der Waals surface area contributed by atoms with Crippen LogP contribution in [-0.2, 0) is 4.79 Å². The Morgan fingerprint density at radius 1 is 1.17 bits per heavy atom. The molecule has 0 aliphatic carbocycles. The highest BCUT2D eigenvalue weighted by Crippen LogP contribution is 2.37. The fourth-order valence-electron chi connectivity index (χ4n) is 2.71. The lowest BCUT2D eigenvalue weighted by molar-refractivity contribution is -0.113. The fraction of sp³-hybridized carbons (Fsp3) is 0.182.